The summed E-state index contributed by atoms with van der Waals surface area (Å²) in [5, 5.41) is 14.8. The minimum atomic E-state index is -5.08. The van der Waals surface area contributed by atoms with E-state index in [0.29, 0.717) is 6.54 Å². The minimum Gasteiger partial charge on any atom is -0.475 e. The van der Waals surface area contributed by atoms with E-state index in [4.69, 9.17) is 9.90 Å². The van der Waals surface area contributed by atoms with E-state index in [1.54, 1.807) is 11.0 Å². The number of alkyl halides is 3. The van der Waals surface area contributed by atoms with Gasteiger partial charge in [0.05, 0.1) is 11.2 Å². The number of hydrogen-bond donors (Lipinski definition) is 2. The Kier molecular flexibility index (Phi) is 6.62. The normalized spacial score (nSPS) is 16.0. The van der Waals surface area contributed by atoms with Crippen LogP contribution in [0, 0.1) is 6.92 Å². The molecule has 1 saturated heterocycles. The molecule has 0 saturated carbocycles. The summed E-state index contributed by atoms with van der Waals surface area (Å²) in [5.41, 5.74) is 1.82. The number of carboxylic acid groups (broad SMARTS) is 1. The largest absolute Gasteiger partial charge is 0.490 e. The van der Waals surface area contributed by atoms with Gasteiger partial charge >= 0.3 is 12.1 Å². The molecule has 1 amide bonds. The monoisotopic (exact) mass is 413 g/mol. The molecular weight excluding hydrogens is 391 g/mol. The zero-order valence-electron chi connectivity index (χ0n) is 16.2. The third-order valence-electron chi connectivity index (χ3n) is 4.24. The van der Waals surface area contributed by atoms with Crippen LogP contribution in [0.2, 0.25) is 0 Å². The van der Waals surface area contributed by atoms with Gasteiger partial charge in [0.1, 0.15) is 6.33 Å². The molecule has 1 aliphatic rings. The van der Waals surface area contributed by atoms with Gasteiger partial charge in [-0.15, -0.1) is 5.10 Å². The highest BCUT2D eigenvalue weighted by atomic mass is 19.4. The van der Waals surface area contributed by atoms with Crippen molar-refractivity contribution < 1.29 is 27.9 Å². The van der Waals surface area contributed by atoms with Gasteiger partial charge in [0.2, 0.25) is 5.82 Å². The molecule has 0 atom stereocenters. The van der Waals surface area contributed by atoms with E-state index in [0.717, 1.165) is 24.3 Å². The number of carbonyl (C=O) groups excluding carboxylic acids is 1. The lowest BCUT2D eigenvalue weighted by Gasteiger charge is -2.42. The third-order valence-corrected chi connectivity index (χ3v) is 4.24. The van der Waals surface area contributed by atoms with E-state index in [9.17, 15) is 18.0 Å². The first-order valence-corrected chi connectivity index (χ1v) is 8.73. The molecule has 1 aliphatic heterocycles. The average Bonchev–Trinajstić information content (AvgIpc) is 3.11. The number of piperazine rings is 1. The maximum Gasteiger partial charge on any atom is 0.490 e. The number of aliphatic carboxylic acids is 1. The molecule has 0 aliphatic carbocycles. The molecule has 11 heteroatoms. The van der Waals surface area contributed by atoms with Gasteiger partial charge in [0, 0.05) is 19.6 Å². The minimum absolute atomic E-state index is 0.113. The highest BCUT2D eigenvalue weighted by Gasteiger charge is 2.38. The van der Waals surface area contributed by atoms with E-state index in [1.165, 1.54) is 0 Å². The van der Waals surface area contributed by atoms with Crippen molar-refractivity contribution in [3.63, 3.8) is 0 Å². The maximum atomic E-state index is 12.7. The highest BCUT2D eigenvalue weighted by molar-refractivity contribution is 5.91. The van der Waals surface area contributed by atoms with Crippen LogP contribution in [0.4, 0.5) is 13.2 Å². The predicted octanol–water partition coefficient (Wildman–Crippen LogP) is 2.03. The number of aryl methyl sites for hydroxylation is 1. The highest BCUT2D eigenvalue weighted by Crippen LogP contribution is 2.18. The molecule has 1 aromatic heterocycles. The van der Waals surface area contributed by atoms with Crippen molar-refractivity contribution in [2.75, 3.05) is 19.6 Å². The van der Waals surface area contributed by atoms with Gasteiger partial charge in [-0.3, -0.25) is 4.79 Å². The van der Waals surface area contributed by atoms with Crippen molar-refractivity contribution in [1.82, 2.24) is 25.0 Å². The summed E-state index contributed by atoms with van der Waals surface area (Å²) in [6.07, 6.45) is -3.49. The van der Waals surface area contributed by atoms with Gasteiger partial charge in [0.15, 0.2) is 0 Å². The zero-order valence-corrected chi connectivity index (χ0v) is 16.2. The number of amides is 1. The lowest BCUT2D eigenvalue weighted by Crippen LogP contribution is -2.60. The van der Waals surface area contributed by atoms with Crippen LogP contribution >= 0.6 is 0 Å². The Bertz CT molecular complexity index is 880. The van der Waals surface area contributed by atoms with E-state index < -0.39 is 12.1 Å². The first-order chi connectivity index (χ1) is 13.4. The molecule has 158 valence electrons. The lowest BCUT2D eigenvalue weighted by molar-refractivity contribution is -0.192. The molecule has 8 nitrogen and oxygen atoms in total. The standard InChI is InChI=1S/C16H21N5O.C2HF3O2/c1-12-5-4-6-13(9-12)21-11-18-14(19-21)15(22)20-8-7-17-10-16(20,2)3;3-2(4,5)1(6)7/h4-6,9,11,17H,7-8,10H2,1-3H3;(H,6,7). The fourth-order valence-electron chi connectivity index (χ4n) is 2.74. The van der Waals surface area contributed by atoms with Gasteiger partial charge in [0.25, 0.3) is 5.91 Å². The summed E-state index contributed by atoms with van der Waals surface area (Å²) in [6.45, 7) is 8.37. The van der Waals surface area contributed by atoms with Crippen LogP contribution in [0.1, 0.15) is 30.0 Å². The van der Waals surface area contributed by atoms with E-state index in [1.807, 2.05) is 36.1 Å². The Balaban J connectivity index is 0.000000370. The second-order valence-electron chi connectivity index (χ2n) is 7.10. The number of nitrogens with zero attached hydrogens (tertiary/aromatic N) is 4. The predicted molar refractivity (Wildman–Crippen MR) is 97.8 cm³/mol. The summed E-state index contributed by atoms with van der Waals surface area (Å²) in [7, 11) is 0. The van der Waals surface area contributed by atoms with Crippen LogP contribution in [0.25, 0.3) is 5.69 Å². The lowest BCUT2D eigenvalue weighted by atomic mass is 10.00. The van der Waals surface area contributed by atoms with Crippen molar-refractivity contribution in [2.45, 2.75) is 32.5 Å². The van der Waals surface area contributed by atoms with Crippen molar-refractivity contribution in [2.24, 2.45) is 0 Å². The van der Waals surface area contributed by atoms with Crippen LogP contribution < -0.4 is 5.32 Å². The van der Waals surface area contributed by atoms with E-state index in [-0.39, 0.29) is 17.3 Å². The topological polar surface area (TPSA) is 100 Å². The molecule has 0 spiro atoms. The number of hydrogen-bond acceptors (Lipinski definition) is 5. The Morgan fingerprint density at radius 1 is 1.28 bits per heavy atom. The number of carbonyl (C=O) groups is 2. The molecule has 2 N–H and O–H groups in total. The van der Waals surface area contributed by atoms with E-state index in [2.05, 4.69) is 29.2 Å². The van der Waals surface area contributed by atoms with Crippen molar-refractivity contribution in [3.05, 3.63) is 42.0 Å². The Morgan fingerprint density at radius 2 is 1.93 bits per heavy atom. The second-order valence-corrected chi connectivity index (χ2v) is 7.10. The smallest absolute Gasteiger partial charge is 0.475 e. The molecular formula is C18H22F3N5O3. The number of nitrogens with one attached hydrogen (secondary N) is 1. The molecule has 2 aromatic rings. The molecule has 0 unspecified atom stereocenters. The molecule has 0 bridgehead atoms. The SMILES string of the molecule is Cc1cccc(-n2cnc(C(=O)N3CCNCC3(C)C)n2)c1.O=C(O)C(F)(F)F. The summed E-state index contributed by atoms with van der Waals surface area (Å²) < 4.78 is 33.4. The Morgan fingerprint density at radius 3 is 2.48 bits per heavy atom. The molecule has 1 fully saturated rings. The number of aromatic nitrogens is 3. The van der Waals surface area contributed by atoms with Crippen molar-refractivity contribution in [3.8, 4) is 5.69 Å². The number of benzene rings is 1. The molecule has 1 aromatic carbocycles. The van der Waals surface area contributed by atoms with Gasteiger partial charge < -0.3 is 15.3 Å². The van der Waals surface area contributed by atoms with Crippen LogP contribution in [0.5, 0.6) is 0 Å². The van der Waals surface area contributed by atoms with Gasteiger partial charge in [-0.2, -0.15) is 13.2 Å². The first kappa shape index (κ1) is 22.3. The van der Waals surface area contributed by atoms with Crippen LogP contribution in [-0.2, 0) is 4.79 Å². The van der Waals surface area contributed by atoms with Crippen molar-refractivity contribution in [1.29, 1.82) is 0 Å². The maximum absolute atomic E-state index is 12.7. The molecule has 0 radical (unpaired) electrons. The molecule has 3 rings (SSSR count). The van der Waals surface area contributed by atoms with Gasteiger partial charge in [-0.25, -0.2) is 14.5 Å². The summed E-state index contributed by atoms with van der Waals surface area (Å²) in [4.78, 5) is 27.6. The fourth-order valence-corrected chi connectivity index (χ4v) is 2.74. The Hall–Kier alpha value is -2.95. The third kappa shape index (κ3) is 5.76. The summed E-state index contributed by atoms with van der Waals surface area (Å²) in [5.74, 6) is -2.62. The average molecular weight is 413 g/mol. The fraction of sp³-hybridized carbons (Fsp3) is 0.444. The van der Waals surface area contributed by atoms with Gasteiger partial charge in [-0.05, 0) is 38.5 Å². The summed E-state index contributed by atoms with van der Waals surface area (Å²) >= 11 is 0. The number of rotatable bonds is 2. The zero-order chi connectivity index (χ0) is 21.8. The molecule has 29 heavy (non-hydrogen) atoms. The Labute approximate surface area is 165 Å². The number of carboxylic acids is 1. The van der Waals surface area contributed by atoms with Crippen LogP contribution in [0.15, 0.2) is 30.6 Å². The quantitative estimate of drug-likeness (QED) is 0.782. The van der Waals surface area contributed by atoms with E-state index >= 15 is 0 Å². The van der Waals surface area contributed by atoms with Crippen LogP contribution in [-0.4, -0.2) is 68.0 Å². The second kappa shape index (κ2) is 8.60. The first-order valence-electron chi connectivity index (χ1n) is 8.73. The summed E-state index contributed by atoms with van der Waals surface area (Å²) in [6, 6.07) is 7.95. The van der Waals surface area contributed by atoms with Crippen molar-refractivity contribution >= 4 is 11.9 Å². The van der Waals surface area contributed by atoms with Gasteiger partial charge in [-0.1, -0.05) is 12.1 Å². The van der Waals surface area contributed by atoms with Crippen LogP contribution in [0.3, 0.4) is 0 Å². The number of halogens is 3. The molecule has 2 heterocycles.